The molecule has 2 rings (SSSR count). The second kappa shape index (κ2) is 12.7. The first kappa shape index (κ1) is 25.2. The SMILES string of the molecule is CCCCNC(=NCc1ccc(C)cc1OC(C)C)NCc1nnc(C)n1C.I. The Bertz CT molecular complexity index is 787. The molecule has 8 heteroatoms. The van der Waals surface area contributed by atoms with Crippen LogP contribution in [0.1, 0.15) is 56.4 Å². The van der Waals surface area contributed by atoms with Crippen LogP contribution in [0.25, 0.3) is 0 Å². The van der Waals surface area contributed by atoms with Gasteiger partial charge in [0.15, 0.2) is 11.8 Å². The van der Waals surface area contributed by atoms with Crippen LogP contribution in [0, 0.1) is 13.8 Å². The van der Waals surface area contributed by atoms with E-state index in [-0.39, 0.29) is 30.1 Å². The zero-order valence-corrected chi connectivity index (χ0v) is 20.8. The highest BCUT2D eigenvalue weighted by Crippen LogP contribution is 2.22. The number of hydrogen-bond acceptors (Lipinski definition) is 4. The summed E-state index contributed by atoms with van der Waals surface area (Å²) in [6.07, 6.45) is 2.35. The predicted molar refractivity (Wildman–Crippen MR) is 129 cm³/mol. The van der Waals surface area contributed by atoms with E-state index in [1.807, 2.05) is 32.4 Å². The molecule has 0 unspecified atom stereocenters. The fraction of sp³-hybridized carbons (Fsp3) is 0.571. The molecule has 0 fully saturated rings. The zero-order valence-electron chi connectivity index (χ0n) is 18.5. The van der Waals surface area contributed by atoms with E-state index in [4.69, 9.17) is 9.73 Å². The molecule has 0 saturated heterocycles. The number of ether oxygens (including phenoxy) is 1. The van der Waals surface area contributed by atoms with Gasteiger partial charge < -0.3 is 19.9 Å². The molecule has 0 aliphatic heterocycles. The van der Waals surface area contributed by atoms with Gasteiger partial charge in [-0.2, -0.15) is 0 Å². The first-order valence-electron chi connectivity index (χ1n) is 10.0. The number of benzene rings is 1. The van der Waals surface area contributed by atoms with Gasteiger partial charge in [-0.25, -0.2) is 4.99 Å². The van der Waals surface area contributed by atoms with Gasteiger partial charge in [0.05, 0.1) is 19.2 Å². The fourth-order valence-electron chi connectivity index (χ4n) is 2.65. The van der Waals surface area contributed by atoms with Crippen LogP contribution < -0.4 is 15.4 Å². The quantitative estimate of drug-likeness (QED) is 0.230. The summed E-state index contributed by atoms with van der Waals surface area (Å²) in [5, 5.41) is 15.1. The number of aliphatic imine (C=N–C) groups is 1. The Kier molecular flexibility index (Phi) is 11.0. The maximum absolute atomic E-state index is 5.97. The van der Waals surface area contributed by atoms with Crippen LogP contribution in [-0.2, 0) is 20.1 Å². The molecule has 0 spiro atoms. The van der Waals surface area contributed by atoms with Crippen molar-refractivity contribution >= 4 is 29.9 Å². The van der Waals surface area contributed by atoms with E-state index in [0.29, 0.717) is 13.1 Å². The number of guanidine groups is 1. The summed E-state index contributed by atoms with van der Waals surface area (Å²) in [5.74, 6) is 3.44. The Balaban J connectivity index is 0.00000420. The van der Waals surface area contributed by atoms with Crippen LogP contribution in [0.4, 0.5) is 0 Å². The molecule has 0 radical (unpaired) electrons. The van der Waals surface area contributed by atoms with Crippen LogP contribution in [0.15, 0.2) is 23.2 Å². The summed E-state index contributed by atoms with van der Waals surface area (Å²) in [6.45, 7) is 12.3. The summed E-state index contributed by atoms with van der Waals surface area (Å²) in [7, 11) is 1.97. The Morgan fingerprint density at radius 1 is 1.21 bits per heavy atom. The molecule has 0 saturated carbocycles. The molecule has 29 heavy (non-hydrogen) atoms. The average molecular weight is 514 g/mol. The molecule has 162 valence electrons. The number of halogens is 1. The molecular weight excluding hydrogens is 479 g/mol. The molecule has 1 heterocycles. The first-order chi connectivity index (χ1) is 13.4. The number of nitrogens with one attached hydrogen (secondary N) is 2. The smallest absolute Gasteiger partial charge is 0.191 e. The second-order valence-corrected chi connectivity index (χ2v) is 7.30. The maximum Gasteiger partial charge on any atom is 0.191 e. The molecule has 1 aromatic heterocycles. The number of aryl methyl sites for hydroxylation is 2. The lowest BCUT2D eigenvalue weighted by Gasteiger charge is -2.15. The largest absolute Gasteiger partial charge is 0.491 e. The van der Waals surface area contributed by atoms with E-state index in [2.05, 4.69) is 52.9 Å². The van der Waals surface area contributed by atoms with E-state index in [1.165, 1.54) is 5.56 Å². The van der Waals surface area contributed by atoms with E-state index >= 15 is 0 Å². The zero-order chi connectivity index (χ0) is 20.5. The monoisotopic (exact) mass is 514 g/mol. The van der Waals surface area contributed by atoms with Crippen molar-refractivity contribution in [1.29, 1.82) is 0 Å². The minimum Gasteiger partial charge on any atom is -0.491 e. The van der Waals surface area contributed by atoms with Crippen molar-refractivity contribution in [3.63, 3.8) is 0 Å². The third-order valence-electron chi connectivity index (χ3n) is 4.41. The molecule has 0 amide bonds. The van der Waals surface area contributed by atoms with Gasteiger partial charge in [0.25, 0.3) is 0 Å². The van der Waals surface area contributed by atoms with Gasteiger partial charge in [-0.3, -0.25) is 0 Å². The summed E-state index contributed by atoms with van der Waals surface area (Å²) in [5.41, 5.74) is 2.26. The molecule has 0 atom stereocenters. The summed E-state index contributed by atoms with van der Waals surface area (Å²) < 4.78 is 7.95. The van der Waals surface area contributed by atoms with Crippen LogP contribution in [0.2, 0.25) is 0 Å². The summed E-state index contributed by atoms with van der Waals surface area (Å²) >= 11 is 0. The lowest BCUT2D eigenvalue weighted by atomic mass is 10.1. The Morgan fingerprint density at radius 2 is 1.97 bits per heavy atom. The summed E-state index contributed by atoms with van der Waals surface area (Å²) in [6, 6.07) is 6.26. The van der Waals surface area contributed by atoms with E-state index in [9.17, 15) is 0 Å². The highest BCUT2D eigenvalue weighted by Gasteiger charge is 2.09. The number of hydrogen-bond donors (Lipinski definition) is 2. The molecule has 2 aromatic rings. The van der Waals surface area contributed by atoms with Crippen LogP contribution in [0.3, 0.4) is 0 Å². The van der Waals surface area contributed by atoms with Gasteiger partial charge >= 0.3 is 0 Å². The van der Waals surface area contributed by atoms with Gasteiger partial charge in [-0.15, -0.1) is 34.2 Å². The van der Waals surface area contributed by atoms with E-state index < -0.39 is 0 Å². The summed E-state index contributed by atoms with van der Waals surface area (Å²) in [4.78, 5) is 4.77. The van der Waals surface area contributed by atoms with Crippen molar-refractivity contribution in [3.05, 3.63) is 41.0 Å². The number of nitrogens with zero attached hydrogens (tertiary/aromatic N) is 4. The Hall–Kier alpha value is -1.84. The second-order valence-electron chi connectivity index (χ2n) is 7.30. The Morgan fingerprint density at radius 3 is 2.59 bits per heavy atom. The third kappa shape index (κ3) is 8.20. The molecule has 0 aliphatic rings. The molecule has 0 aliphatic carbocycles. The minimum atomic E-state index is 0. The van der Waals surface area contributed by atoms with Gasteiger partial charge in [-0.1, -0.05) is 25.5 Å². The minimum absolute atomic E-state index is 0. The van der Waals surface area contributed by atoms with Crippen molar-refractivity contribution in [3.8, 4) is 5.75 Å². The van der Waals surface area contributed by atoms with Gasteiger partial charge in [0, 0.05) is 19.2 Å². The highest BCUT2D eigenvalue weighted by molar-refractivity contribution is 14.0. The van der Waals surface area contributed by atoms with Crippen molar-refractivity contribution in [2.24, 2.45) is 12.0 Å². The Labute approximate surface area is 191 Å². The predicted octanol–water partition coefficient (Wildman–Crippen LogP) is 3.87. The fourth-order valence-corrected chi connectivity index (χ4v) is 2.65. The lowest BCUT2D eigenvalue weighted by Crippen LogP contribution is -2.38. The van der Waals surface area contributed by atoms with Crippen LogP contribution >= 0.6 is 24.0 Å². The first-order valence-corrected chi connectivity index (χ1v) is 10.0. The normalized spacial score (nSPS) is 11.3. The van der Waals surface area contributed by atoms with E-state index in [1.54, 1.807) is 0 Å². The highest BCUT2D eigenvalue weighted by atomic mass is 127. The number of unbranched alkanes of at least 4 members (excludes halogenated alkanes) is 1. The van der Waals surface area contributed by atoms with Gasteiger partial charge in [0.2, 0.25) is 0 Å². The van der Waals surface area contributed by atoms with Crippen molar-refractivity contribution in [2.45, 2.75) is 66.7 Å². The maximum atomic E-state index is 5.97. The number of aromatic nitrogens is 3. The van der Waals surface area contributed by atoms with Crippen LogP contribution in [-0.4, -0.2) is 33.4 Å². The van der Waals surface area contributed by atoms with Crippen molar-refractivity contribution in [1.82, 2.24) is 25.4 Å². The molecular formula is C21H35IN6O. The number of rotatable bonds is 9. The molecule has 7 nitrogen and oxygen atoms in total. The standard InChI is InChI=1S/C21H34N6O.HI/c1-7-8-11-22-21(24-14-20-26-25-17(5)27(20)6)23-13-18-10-9-16(4)12-19(18)28-15(2)3;/h9-10,12,15H,7-8,11,13-14H2,1-6H3,(H2,22,23,24);1H. The molecule has 2 N–H and O–H groups in total. The van der Waals surface area contributed by atoms with Crippen molar-refractivity contribution in [2.75, 3.05) is 6.54 Å². The van der Waals surface area contributed by atoms with Gasteiger partial charge in [0.1, 0.15) is 11.6 Å². The average Bonchev–Trinajstić information content (AvgIpc) is 2.96. The van der Waals surface area contributed by atoms with E-state index in [0.717, 1.165) is 48.3 Å². The lowest BCUT2D eigenvalue weighted by molar-refractivity contribution is 0.240. The topological polar surface area (TPSA) is 76.4 Å². The molecule has 0 bridgehead atoms. The van der Waals surface area contributed by atoms with Gasteiger partial charge in [-0.05, 0) is 45.7 Å². The van der Waals surface area contributed by atoms with Crippen LogP contribution in [0.5, 0.6) is 5.75 Å². The van der Waals surface area contributed by atoms with Crippen molar-refractivity contribution < 1.29 is 4.74 Å². The molecule has 1 aromatic carbocycles. The third-order valence-corrected chi connectivity index (χ3v) is 4.41.